The van der Waals surface area contributed by atoms with E-state index in [2.05, 4.69) is 5.32 Å². The SMILES string of the molecule is CC(O)CC(C)(C)NC(=O)C1(Cc2ccc(-c3ccc(F)c(F)c3)cc2)CCOCC1. The summed E-state index contributed by atoms with van der Waals surface area (Å²) in [6, 6.07) is 11.4. The van der Waals surface area contributed by atoms with E-state index in [1.165, 1.54) is 6.07 Å². The van der Waals surface area contributed by atoms with E-state index in [1.54, 1.807) is 13.0 Å². The molecule has 0 radical (unpaired) electrons. The van der Waals surface area contributed by atoms with E-state index < -0.39 is 28.7 Å². The van der Waals surface area contributed by atoms with Gasteiger partial charge in [0.25, 0.3) is 0 Å². The van der Waals surface area contributed by atoms with Crippen LogP contribution in [-0.4, -0.2) is 35.9 Å². The molecule has 1 saturated heterocycles. The highest BCUT2D eigenvalue weighted by atomic mass is 19.2. The molecule has 6 heteroatoms. The first kappa shape index (κ1) is 23.4. The lowest BCUT2D eigenvalue weighted by atomic mass is 9.73. The zero-order valence-electron chi connectivity index (χ0n) is 18.4. The van der Waals surface area contributed by atoms with Crippen LogP contribution in [0.4, 0.5) is 8.78 Å². The third-order valence-corrected chi connectivity index (χ3v) is 5.94. The quantitative estimate of drug-likeness (QED) is 0.672. The van der Waals surface area contributed by atoms with Crippen LogP contribution in [0.5, 0.6) is 0 Å². The molecular weight excluding hydrogens is 400 g/mol. The van der Waals surface area contributed by atoms with Crippen molar-refractivity contribution in [2.45, 2.75) is 58.1 Å². The van der Waals surface area contributed by atoms with E-state index >= 15 is 0 Å². The predicted molar refractivity (Wildman–Crippen MR) is 117 cm³/mol. The fourth-order valence-electron chi connectivity index (χ4n) is 4.36. The summed E-state index contributed by atoms with van der Waals surface area (Å²) in [6.45, 7) is 6.60. The van der Waals surface area contributed by atoms with Gasteiger partial charge in [-0.05, 0) is 75.3 Å². The molecule has 2 aromatic carbocycles. The molecule has 1 heterocycles. The van der Waals surface area contributed by atoms with Crippen molar-refractivity contribution < 1.29 is 23.4 Å². The lowest BCUT2D eigenvalue weighted by Gasteiger charge is -2.39. The minimum atomic E-state index is -0.876. The Balaban J connectivity index is 1.79. The van der Waals surface area contributed by atoms with Crippen molar-refractivity contribution in [3.63, 3.8) is 0 Å². The van der Waals surface area contributed by atoms with Crippen molar-refractivity contribution in [1.82, 2.24) is 5.32 Å². The van der Waals surface area contributed by atoms with E-state index in [9.17, 15) is 18.7 Å². The molecule has 168 valence electrons. The van der Waals surface area contributed by atoms with Crippen molar-refractivity contribution in [3.8, 4) is 11.1 Å². The zero-order valence-corrected chi connectivity index (χ0v) is 18.4. The summed E-state index contributed by atoms with van der Waals surface area (Å²) < 4.78 is 32.3. The molecule has 1 amide bonds. The van der Waals surface area contributed by atoms with Crippen LogP contribution in [0, 0.1) is 17.0 Å². The van der Waals surface area contributed by atoms with Crippen molar-refractivity contribution in [3.05, 3.63) is 59.7 Å². The van der Waals surface area contributed by atoms with Crippen LogP contribution >= 0.6 is 0 Å². The van der Waals surface area contributed by atoms with Gasteiger partial charge in [0.05, 0.1) is 11.5 Å². The molecule has 4 nitrogen and oxygen atoms in total. The highest BCUT2D eigenvalue weighted by Gasteiger charge is 2.42. The van der Waals surface area contributed by atoms with Crippen LogP contribution in [0.3, 0.4) is 0 Å². The Morgan fingerprint density at radius 1 is 1.10 bits per heavy atom. The number of aliphatic hydroxyl groups is 1. The number of aliphatic hydroxyl groups excluding tert-OH is 1. The number of ether oxygens (including phenoxy) is 1. The van der Waals surface area contributed by atoms with Gasteiger partial charge in [-0.15, -0.1) is 0 Å². The van der Waals surface area contributed by atoms with Crippen LogP contribution in [0.1, 0.15) is 45.6 Å². The number of halogens is 2. The lowest BCUT2D eigenvalue weighted by molar-refractivity contribution is -0.138. The second-order valence-corrected chi connectivity index (χ2v) is 9.29. The molecule has 1 fully saturated rings. The summed E-state index contributed by atoms with van der Waals surface area (Å²) in [5.41, 5.74) is 1.27. The monoisotopic (exact) mass is 431 g/mol. The van der Waals surface area contributed by atoms with E-state index in [0.717, 1.165) is 17.2 Å². The van der Waals surface area contributed by atoms with Gasteiger partial charge in [-0.1, -0.05) is 30.3 Å². The van der Waals surface area contributed by atoms with Gasteiger partial charge in [-0.3, -0.25) is 4.79 Å². The molecule has 1 aliphatic heterocycles. The zero-order chi connectivity index (χ0) is 22.6. The van der Waals surface area contributed by atoms with Gasteiger partial charge in [0.15, 0.2) is 11.6 Å². The molecule has 2 N–H and O–H groups in total. The van der Waals surface area contributed by atoms with E-state index in [-0.39, 0.29) is 5.91 Å². The van der Waals surface area contributed by atoms with Crippen LogP contribution in [0.25, 0.3) is 11.1 Å². The number of carbonyl (C=O) groups excluding carboxylic acids is 1. The summed E-state index contributed by atoms with van der Waals surface area (Å²) in [6.07, 6.45) is 1.76. The third-order valence-electron chi connectivity index (χ3n) is 5.94. The predicted octanol–water partition coefficient (Wildman–Crippen LogP) is 4.64. The van der Waals surface area contributed by atoms with E-state index in [0.29, 0.717) is 44.5 Å². The first-order valence-corrected chi connectivity index (χ1v) is 10.7. The number of carbonyl (C=O) groups is 1. The number of rotatable bonds is 7. The molecule has 3 rings (SSSR count). The molecular formula is C25H31F2NO3. The van der Waals surface area contributed by atoms with Gasteiger partial charge in [0.1, 0.15) is 0 Å². The Bertz CT molecular complexity index is 903. The highest BCUT2D eigenvalue weighted by Crippen LogP contribution is 2.36. The number of nitrogens with one attached hydrogen (secondary N) is 1. The summed E-state index contributed by atoms with van der Waals surface area (Å²) in [4.78, 5) is 13.4. The number of hydrogen-bond donors (Lipinski definition) is 2. The van der Waals surface area contributed by atoms with Gasteiger partial charge in [0, 0.05) is 18.8 Å². The van der Waals surface area contributed by atoms with Gasteiger partial charge in [-0.2, -0.15) is 0 Å². The van der Waals surface area contributed by atoms with Gasteiger partial charge < -0.3 is 15.2 Å². The second kappa shape index (κ2) is 9.45. The van der Waals surface area contributed by atoms with Gasteiger partial charge in [0.2, 0.25) is 5.91 Å². The Labute approximate surface area is 182 Å². The highest BCUT2D eigenvalue weighted by molar-refractivity contribution is 5.83. The Morgan fingerprint density at radius 3 is 2.29 bits per heavy atom. The molecule has 1 atom stereocenters. The van der Waals surface area contributed by atoms with Crippen LogP contribution in [0.15, 0.2) is 42.5 Å². The summed E-state index contributed by atoms with van der Waals surface area (Å²) in [5.74, 6) is -1.77. The Hall–Kier alpha value is -2.31. The van der Waals surface area contributed by atoms with Gasteiger partial charge in [-0.25, -0.2) is 8.78 Å². The Morgan fingerprint density at radius 2 is 1.71 bits per heavy atom. The molecule has 1 unspecified atom stereocenters. The van der Waals surface area contributed by atoms with E-state index in [1.807, 2.05) is 38.1 Å². The lowest BCUT2D eigenvalue weighted by Crippen LogP contribution is -2.54. The summed E-state index contributed by atoms with van der Waals surface area (Å²) in [5, 5.41) is 12.9. The molecule has 0 spiro atoms. The Kier molecular flexibility index (Phi) is 7.12. The maximum absolute atomic E-state index is 13.6. The maximum atomic E-state index is 13.6. The van der Waals surface area contributed by atoms with Crippen molar-refractivity contribution in [1.29, 1.82) is 0 Å². The minimum Gasteiger partial charge on any atom is -0.393 e. The maximum Gasteiger partial charge on any atom is 0.227 e. The molecule has 0 saturated carbocycles. The standard InChI is InChI=1S/C25H31F2NO3/c1-17(29)15-24(2,3)28-23(30)25(10-12-31-13-11-25)16-18-4-6-19(7-5-18)20-8-9-21(26)22(27)14-20/h4-9,14,17,29H,10-13,15-16H2,1-3H3,(H,28,30). The van der Waals surface area contributed by atoms with E-state index in [4.69, 9.17) is 4.74 Å². The smallest absolute Gasteiger partial charge is 0.227 e. The number of benzene rings is 2. The van der Waals surface area contributed by atoms with Gasteiger partial charge >= 0.3 is 0 Å². The molecule has 31 heavy (non-hydrogen) atoms. The van der Waals surface area contributed by atoms with Crippen molar-refractivity contribution >= 4 is 5.91 Å². The second-order valence-electron chi connectivity index (χ2n) is 9.29. The average Bonchev–Trinajstić information content (AvgIpc) is 2.70. The largest absolute Gasteiger partial charge is 0.393 e. The van der Waals surface area contributed by atoms with Crippen LogP contribution < -0.4 is 5.32 Å². The number of hydrogen-bond acceptors (Lipinski definition) is 3. The fourth-order valence-corrected chi connectivity index (χ4v) is 4.36. The first-order chi connectivity index (χ1) is 14.6. The molecule has 0 aromatic heterocycles. The number of amides is 1. The molecule has 0 bridgehead atoms. The normalized spacial score (nSPS) is 17.2. The topological polar surface area (TPSA) is 58.6 Å². The van der Waals surface area contributed by atoms with Crippen LogP contribution in [0.2, 0.25) is 0 Å². The fraction of sp³-hybridized carbons (Fsp3) is 0.480. The average molecular weight is 432 g/mol. The minimum absolute atomic E-state index is 0.0221. The van der Waals surface area contributed by atoms with Crippen LogP contribution in [-0.2, 0) is 16.0 Å². The first-order valence-electron chi connectivity index (χ1n) is 10.7. The molecule has 0 aliphatic carbocycles. The third kappa shape index (κ3) is 5.89. The summed E-state index contributed by atoms with van der Waals surface area (Å²) in [7, 11) is 0. The van der Waals surface area contributed by atoms with Crippen molar-refractivity contribution in [2.24, 2.45) is 5.41 Å². The molecule has 1 aliphatic rings. The summed E-state index contributed by atoms with van der Waals surface area (Å²) >= 11 is 0. The van der Waals surface area contributed by atoms with Crippen molar-refractivity contribution in [2.75, 3.05) is 13.2 Å². The molecule has 2 aromatic rings.